The quantitative estimate of drug-likeness (QED) is 0.901. The molecule has 2 unspecified atom stereocenters. The number of rotatable bonds is 5. The molecule has 0 radical (unpaired) electrons. The Balaban J connectivity index is 2.17. The van der Waals surface area contributed by atoms with Gasteiger partial charge in [-0.2, -0.15) is 0 Å². The zero-order chi connectivity index (χ0) is 15.0. The van der Waals surface area contributed by atoms with Crippen molar-refractivity contribution in [2.75, 3.05) is 18.2 Å². The lowest BCUT2D eigenvalue weighted by atomic mass is 9.64. The molecule has 1 aromatic rings. The lowest BCUT2D eigenvalue weighted by Crippen LogP contribution is -2.58. The Labute approximate surface area is 120 Å². The number of aromatic nitrogens is 1. The van der Waals surface area contributed by atoms with Crippen LogP contribution in [0.4, 0.5) is 5.82 Å². The second-order valence-electron chi connectivity index (χ2n) is 5.82. The predicted molar refractivity (Wildman–Crippen MR) is 78.6 cm³/mol. The Hall–Kier alpha value is -1.14. The summed E-state index contributed by atoms with van der Waals surface area (Å²) >= 11 is 0. The Morgan fingerprint density at radius 2 is 2.20 bits per heavy atom. The molecule has 112 valence electrons. The smallest absolute Gasteiger partial charge is 0.179 e. The number of pyridine rings is 1. The molecule has 1 aliphatic carbocycles. The summed E-state index contributed by atoms with van der Waals surface area (Å²) in [6.07, 6.45) is 3.86. The van der Waals surface area contributed by atoms with Gasteiger partial charge in [-0.1, -0.05) is 13.8 Å². The third-order valence-corrected chi connectivity index (χ3v) is 5.16. The zero-order valence-corrected chi connectivity index (χ0v) is 13.2. The Bertz CT molecular complexity index is 584. The number of nitrogens with zero attached hydrogens (tertiary/aromatic N) is 1. The van der Waals surface area contributed by atoms with Gasteiger partial charge in [0, 0.05) is 30.5 Å². The van der Waals surface area contributed by atoms with Crippen LogP contribution in [0.15, 0.2) is 23.2 Å². The van der Waals surface area contributed by atoms with E-state index >= 15 is 0 Å². The summed E-state index contributed by atoms with van der Waals surface area (Å²) in [6, 6.07) is 3.38. The monoisotopic (exact) mass is 298 g/mol. The van der Waals surface area contributed by atoms with Crippen LogP contribution in [0.3, 0.4) is 0 Å². The van der Waals surface area contributed by atoms with Crippen LogP contribution in [0.2, 0.25) is 0 Å². The van der Waals surface area contributed by atoms with Gasteiger partial charge < -0.3 is 10.1 Å². The van der Waals surface area contributed by atoms with Crippen molar-refractivity contribution >= 4 is 15.7 Å². The molecule has 1 fully saturated rings. The number of hydrogen-bond acceptors (Lipinski definition) is 5. The first kappa shape index (κ1) is 15.3. The Kier molecular flexibility index (Phi) is 4.07. The molecule has 2 atom stereocenters. The first-order chi connectivity index (χ1) is 9.26. The molecule has 0 saturated heterocycles. The molecular formula is C14H22N2O3S. The third-order valence-electron chi connectivity index (χ3n) is 4.03. The summed E-state index contributed by atoms with van der Waals surface area (Å²) in [5, 5.41) is 3.26. The van der Waals surface area contributed by atoms with Gasteiger partial charge >= 0.3 is 0 Å². The number of anilines is 1. The van der Waals surface area contributed by atoms with E-state index in [-0.39, 0.29) is 22.5 Å². The van der Waals surface area contributed by atoms with Crippen LogP contribution in [0, 0.1) is 5.41 Å². The van der Waals surface area contributed by atoms with E-state index in [1.165, 1.54) is 6.26 Å². The molecule has 1 heterocycles. The normalized spacial score (nSPS) is 25.0. The van der Waals surface area contributed by atoms with E-state index in [1.807, 2.05) is 6.92 Å². The maximum atomic E-state index is 11.8. The van der Waals surface area contributed by atoms with Crippen LogP contribution in [0.1, 0.15) is 27.2 Å². The Morgan fingerprint density at radius 1 is 1.50 bits per heavy atom. The second-order valence-corrected chi connectivity index (χ2v) is 7.80. The molecule has 1 aromatic heterocycles. The summed E-state index contributed by atoms with van der Waals surface area (Å²) in [4.78, 5) is 4.42. The van der Waals surface area contributed by atoms with Gasteiger partial charge in [0.1, 0.15) is 10.7 Å². The van der Waals surface area contributed by atoms with Gasteiger partial charge in [0.2, 0.25) is 0 Å². The maximum Gasteiger partial charge on any atom is 0.179 e. The average molecular weight is 298 g/mol. The fourth-order valence-corrected chi connectivity index (χ4v) is 3.37. The topological polar surface area (TPSA) is 68.3 Å². The van der Waals surface area contributed by atoms with Crippen LogP contribution in [-0.2, 0) is 14.6 Å². The van der Waals surface area contributed by atoms with Crippen molar-refractivity contribution in [2.45, 2.75) is 44.2 Å². The highest BCUT2D eigenvalue weighted by Gasteiger charge is 2.49. The largest absolute Gasteiger partial charge is 0.378 e. The van der Waals surface area contributed by atoms with Gasteiger partial charge in [-0.05, 0) is 25.5 Å². The highest BCUT2D eigenvalue weighted by atomic mass is 32.2. The van der Waals surface area contributed by atoms with Crippen molar-refractivity contribution in [1.82, 2.24) is 4.98 Å². The molecule has 1 saturated carbocycles. The van der Waals surface area contributed by atoms with E-state index in [2.05, 4.69) is 24.1 Å². The highest BCUT2D eigenvalue weighted by Crippen LogP contribution is 2.44. The van der Waals surface area contributed by atoms with Gasteiger partial charge in [0.25, 0.3) is 0 Å². The van der Waals surface area contributed by atoms with Gasteiger partial charge in [-0.3, -0.25) is 0 Å². The summed E-state index contributed by atoms with van der Waals surface area (Å²) in [5.74, 6) is 0.433. The van der Waals surface area contributed by atoms with E-state index < -0.39 is 9.84 Å². The van der Waals surface area contributed by atoms with Crippen molar-refractivity contribution in [1.29, 1.82) is 0 Å². The fourth-order valence-electron chi connectivity index (χ4n) is 2.58. The summed E-state index contributed by atoms with van der Waals surface area (Å²) in [6.45, 7) is 6.92. The molecule has 1 N–H and O–H groups in total. The predicted octanol–water partition coefficient (Wildman–Crippen LogP) is 2.10. The van der Waals surface area contributed by atoms with E-state index in [1.54, 1.807) is 18.3 Å². The number of nitrogens with one attached hydrogen (secondary N) is 1. The standard InChI is InChI=1S/C14H22N2O3S/c1-5-19-12-9-11(14(12,2)3)16-13-10(20(4,17)18)7-6-8-15-13/h6-8,11-12H,5,9H2,1-4H3,(H,15,16). The second kappa shape index (κ2) is 5.33. The molecule has 0 aromatic carbocycles. The van der Waals surface area contributed by atoms with Gasteiger partial charge in [-0.25, -0.2) is 13.4 Å². The first-order valence-electron chi connectivity index (χ1n) is 6.80. The zero-order valence-electron chi connectivity index (χ0n) is 12.4. The molecule has 0 spiro atoms. The fraction of sp³-hybridized carbons (Fsp3) is 0.643. The molecular weight excluding hydrogens is 276 g/mol. The summed E-state index contributed by atoms with van der Waals surface area (Å²) < 4.78 is 29.2. The van der Waals surface area contributed by atoms with Crippen LogP contribution in [0.25, 0.3) is 0 Å². The van der Waals surface area contributed by atoms with Crippen molar-refractivity contribution < 1.29 is 13.2 Å². The number of hydrogen-bond donors (Lipinski definition) is 1. The SMILES string of the molecule is CCOC1CC(Nc2ncccc2S(C)(=O)=O)C1(C)C. The maximum absolute atomic E-state index is 11.8. The lowest BCUT2D eigenvalue weighted by molar-refractivity contribution is -0.0977. The van der Waals surface area contributed by atoms with Gasteiger partial charge in [0.15, 0.2) is 9.84 Å². The molecule has 1 aliphatic rings. The minimum atomic E-state index is -3.28. The van der Waals surface area contributed by atoms with E-state index in [4.69, 9.17) is 4.74 Å². The number of sulfone groups is 1. The van der Waals surface area contributed by atoms with Gasteiger partial charge in [-0.15, -0.1) is 0 Å². The van der Waals surface area contributed by atoms with E-state index in [0.29, 0.717) is 12.4 Å². The van der Waals surface area contributed by atoms with E-state index in [0.717, 1.165) is 6.42 Å². The molecule has 0 amide bonds. The van der Waals surface area contributed by atoms with Crippen molar-refractivity contribution in [3.05, 3.63) is 18.3 Å². The molecule has 0 aliphatic heterocycles. The Morgan fingerprint density at radius 3 is 2.75 bits per heavy atom. The minimum Gasteiger partial charge on any atom is -0.378 e. The minimum absolute atomic E-state index is 0.0394. The molecule has 0 bridgehead atoms. The number of ether oxygens (including phenoxy) is 1. The first-order valence-corrected chi connectivity index (χ1v) is 8.69. The molecule has 20 heavy (non-hydrogen) atoms. The van der Waals surface area contributed by atoms with Crippen LogP contribution < -0.4 is 5.32 Å². The van der Waals surface area contributed by atoms with Gasteiger partial charge in [0.05, 0.1) is 6.10 Å². The third kappa shape index (κ3) is 2.81. The lowest BCUT2D eigenvalue weighted by Gasteiger charge is -2.51. The van der Waals surface area contributed by atoms with Crippen LogP contribution in [0.5, 0.6) is 0 Å². The van der Waals surface area contributed by atoms with Crippen LogP contribution in [-0.4, -0.2) is 38.4 Å². The molecule has 2 rings (SSSR count). The van der Waals surface area contributed by atoms with Crippen molar-refractivity contribution in [3.8, 4) is 0 Å². The average Bonchev–Trinajstić information content (AvgIpc) is 2.37. The van der Waals surface area contributed by atoms with E-state index in [9.17, 15) is 8.42 Å². The van der Waals surface area contributed by atoms with Crippen molar-refractivity contribution in [2.24, 2.45) is 5.41 Å². The summed E-state index contributed by atoms with van der Waals surface area (Å²) in [5.41, 5.74) is -0.0394. The van der Waals surface area contributed by atoms with Crippen molar-refractivity contribution in [3.63, 3.8) is 0 Å². The summed E-state index contributed by atoms with van der Waals surface area (Å²) in [7, 11) is -3.28. The highest BCUT2D eigenvalue weighted by molar-refractivity contribution is 7.90. The molecule has 6 heteroatoms. The molecule has 5 nitrogen and oxygen atoms in total. The van der Waals surface area contributed by atoms with Crippen LogP contribution >= 0.6 is 0 Å².